The van der Waals surface area contributed by atoms with Crippen LogP contribution in [0.5, 0.6) is 0 Å². The average molecular weight is 117 g/mol. The quantitative estimate of drug-likeness (QED) is 0.440. The van der Waals surface area contributed by atoms with E-state index >= 15 is 0 Å². The van der Waals surface area contributed by atoms with E-state index in [1.807, 2.05) is 13.8 Å². The van der Waals surface area contributed by atoms with Crippen LogP contribution < -0.4 is 16.8 Å². The summed E-state index contributed by atoms with van der Waals surface area (Å²) in [4.78, 5) is 0. The van der Waals surface area contributed by atoms with Crippen LogP contribution in [0.3, 0.4) is 0 Å². The van der Waals surface area contributed by atoms with Crippen LogP contribution in [0.2, 0.25) is 0 Å². The second-order valence-corrected chi connectivity index (χ2v) is 1.92. The van der Waals surface area contributed by atoms with Crippen LogP contribution in [-0.2, 0) is 0 Å². The van der Waals surface area contributed by atoms with Gasteiger partial charge in [-0.1, -0.05) is 13.8 Å². The Kier molecular flexibility index (Phi) is 2.97. The van der Waals surface area contributed by atoms with Crippen molar-refractivity contribution in [3.63, 3.8) is 0 Å². The molecule has 0 spiro atoms. The molecule has 3 heteroatoms. The Morgan fingerprint density at radius 1 is 1.38 bits per heavy atom. The van der Waals surface area contributed by atoms with Gasteiger partial charge in [-0.2, -0.15) is 0 Å². The van der Waals surface area contributed by atoms with Gasteiger partial charge in [-0.3, -0.25) is 5.32 Å². The van der Waals surface area contributed by atoms with Crippen molar-refractivity contribution in [2.45, 2.75) is 26.1 Å². The standard InChI is InChI=1S/C5H15N3/c1-3-5(6,7)8-4-2/h8H,3-4,6-7H2,1-2H3. The molecule has 0 rings (SSSR count). The lowest BCUT2D eigenvalue weighted by atomic mass is 10.3. The third-order valence-electron chi connectivity index (χ3n) is 1.09. The van der Waals surface area contributed by atoms with Gasteiger partial charge in [0, 0.05) is 0 Å². The molecule has 0 amide bonds. The third kappa shape index (κ3) is 2.96. The molecule has 0 bridgehead atoms. The number of nitrogens with two attached hydrogens (primary N) is 2. The van der Waals surface area contributed by atoms with E-state index in [0.29, 0.717) is 0 Å². The SMILES string of the molecule is CCNC(N)(N)CC. The van der Waals surface area contributed by atoms with Crippen LogP contribution in [0.1, 0.15) is 20.3 Å². The van der Waals surface area contributed by atoms with Gasteiger partial charge in [-0.15, -0.1) is 0 Å². The molecule has 0 radical (unpaired) electrons. The van der Waals surface area contributed by atoms with Crippen molar-refractivity contribution in [3.8, 4) is 0 Å². The van der Waals surface area contributed by atoms with Crippen molar-refractivity contribution in [2.24, 2.45) is 11.5 Å². The van der Waals surface area contributed by atoms with Gasteiger partial charge in [0.25, 0.3) is 0 Å². The predicted octanol–water partition coefficient (Wildman–Crippen LogP) is -0.423. The first-order valence-electron chi connectivity index (χ1n) is 2.95. The lowest BCUT2D eigenvalue weighted by Gasteiger charge is -2.22. The topological polar surface area (TPSA) is 64.1 Å². The molecule has 0 unspecified atom stereocenters. The molecule has 0 aliphatic rings. The van der Waals surface area contributed by atoms with Crippen LogP contribution in [0.4, 0.5) is 0 Å². The number of hydrogen-bond acceptors (Lipinski definition) is 3. The Bertz CT molecular complexity index is 60.7. The summed E-state index contributed by atoms with van der Waals surface area (Å²) in [5.74, 6) is -0.658. The van der Waals surface area contributed by atoms with Crippen LogP contribution in [0, 0.1) is 0 Å². The van der Waals surface area contributed by atoms with Gasteiger partial charge in [0.15, 0.2) is 0 Å². The predicted molar refractivity (Wildman–Crippen MR) is 35.1 cm³/mol. The Hall–Kier alpha value is -0.120. The van der Waals surface area contributed by atoms with Crippen molar-refractivity contribution >= 4 is 0 Å². The molecule has 0 saturated carbocycles. The van der Waals surface area contributed by atoms with Crippen molar-refractivity contribution in [1.29, 1.82) is 0 Å². The van der Waals surface area contributed by atoms with E-state index in [1.165, 1.54) is 0 Å². The summed E-state index contributed by atoms with van der Waals surface area (Å²) >= 11 is 0. The van der Waals surface area contributed by atoms with Gasteiger partial charge in [0.2, 0.25) is 0 Å². The second-order valence-electron chi connectivity index (χ2n) is 1.92. The lowest BCUT2D eigenvalue weighted by molar-refractivity contribution is 0.343. The summed E-state index contributed by atoms with van der Waals surface area (Å²) in [5, 5.41) is 2.93. The van der Waals surface area contributed by atoms with Crippen LogP contribution in [-0.4, -0.2) is 12.3 Å². The van der Waals surface area contributed by atoms with Gasteiger partial charge in [0.1, 0.15) is 5.79 Å². The molecule has 0 heterocycles. The van der Waals surface area contributed by atoms with E-state index in [9.17, 15) is 0 Å². The minimum absolute atomic E-state index is 0.658. The first-order valence-corrected chi connectivity index (χ1v) is 2.95. The van der Waals surface area contributed by atoms with Crippen molar-refractivity contribution in [2.75, 3.05) is 6.54 Å². The van der Waals surface area contributed by atoms with Gasteiger partial charge >= 0.3 is 0 Å². The first-order chi connectivity index (χ1) is 3.62. The van der Waals surface area contributed by atoms with Crippen molar-refractivity contribution in [1.82, 2.24) is 5.32 Å². The molecular formula is C5H15N3. The lowest BCUT2D eigenvalue weighted by Crippen LogP contribution is -2.60. The highest BCUT2D eigenvalue weighted by Crippen LogP contribution is 1.88. The Morgan fingerprint density at radius 2 is 1.88 bits per heavy atom. The smallest absolute Gasteiger partial charge is 0.118 e. The summed E-state index contributed by atoms with van der Waals surface area (Å²) in [6.07, 6.45) is 0.751. The van der Waals surface area contributed by atoms with Gasteiger partial charge in [-0.05, 0) is 13.0 Å². The summed E-state index contributed by atoms with van der Waals surface area (Å²) in [7, 11) is 0. The molecule has 3 nitrogen and oxygen atoms in total. The minimum atomic E-state index is -0.658. The van der Waals surface area contributed by atoms with Gasteiger partial charge in [0.05, 0.1) is 0 Å². The minimum Gasteiger partial charge on any atom is -0.301 e. The summed E-state index contributed by atoms with van der Waals surface area (Å²) in [5.41, 5.74) is 11.0. The molecule has 0 saturated heterocycles. The fraction of sp³-hybridized carbons (Fsp3) is 1.00. The molecule has 0 aliphatic carbocycles. The number of hydrogen-bond donors (Lipinski definition) is 3. The fourth-order valence-electron chi connectivity index (χ4n) is 0.454. The van der Waals surface area contributed by atoms with Gasteiger partial charge in [-0.25, -0.2) is 0 Å². The Balaban J connectivity index is 3.37. The highest BCUT2D eigenvalue weighted by atomic mass is 15.2. The van der Waals surface area contributed by atoms with Crippen molar-refractivity contribution < 1.29 is 0 Å². The van der Waals surface area contributed by atoms with E-state index in [0.717, 1.165) is 13.0 Å². The van der Waals surface area contributed by atoms with E-state index in [1.54, 1.807) is 0 Å². The molecule has 5 N–H and O–H groups in total. The zero-order valence-electron chi connectivity index (χ0n) is 5.57. The summed E-state index contributed by atoms with van der Waals surface area (Å²) in [6.45, 7) is 4.74. The van der Waals surface area contributed by atoms with Crippen molar-refractivity contribution in [3.05, 3.63) is 0 Å². The maximum absolute atomic E-state index is 5.49. The van der Waals surface area contributed by atoms with Gasteiger partial charge < -0.3 is 11.5 Å². The molecular weight excluding hydrogens is 102 g/mol. The second kappa shape index (κ2) is 3.02. The third-order valence-corrected chi connectivity index (χ3v) is 1.09. The largest absolute Gasteiger partial charge is 0.301 e. The molecule has 0 fully saturated rings. The normalized spacial score (nSPS) is 12.0. The zero-order chi connectivity index (χ0) is 6.62. The summed E-state index contributed by atoms with van der Waals surface area (Å²) in [6, 6.07) is 0. The van der Waals surface area contributed by atoms with E-state index < -0.39 is 5.79 Å². The average Bonchev–Trinajstić information content (AvgIpc) is 1.67. The number of nitrogens with one attached hydrogen (secondary N) is 1. The Morgan fingerprint density at radius 3 is 2.00 bits per heavy atom. The highest BCUT2D eigenvalue weighted by molar-refractivity contribution is 4.69. The van der Waals surface area contributed by atoms with Crippen LogP contribution in [0.25, 0.3) is 0 Å². The zero-order valence-corrected chi connectivity index (χ0v) is 5.57. The maximum atomic E-state index is 5.49. The van der Waals surface area contributed by atoms with Crippen LogP contribution >= 0.6 is 0 Å². The molecule has 50 valence electrons. The monoisotopic (exact) mass is 117 g/mol. The van der Waals surface area contributed by atoms with E-state index in [-0.39, 0.29) is 0 Å². The van der Waals surface area contributed by atoms with Crippen LogP contribution in [0.15, 0.2) is 0 Å². The Labute approximate surface area is 50.4 Å². The first kappa shape index (κ1) is 7.88. The number of rotatable bonds is 3. The molecule has 0 aromatic heterocycles. The summed E-state index contributed by atoms with van der Waals surface area (Å²) < 4.78 is 0. The van der Waals surface area contributed by atoms with E-state index in [4.69, 9.17) is 11.5 Å². The molecule has 8 heavy (non-hydrogen) atoms. The molecule has 0 aromatic carbocycles. The fourth-order valence-corrected chi connectivity index (χ4v) is 0.454. The highest BCUT2D eigenvalue weighted by Gasteiger charge is 2.11. The molecule has 0 aromatic rings. The molecule has 0 aliphatic heterocycles. The van der Waals surface area contributed by atoms with E-state index in [2.05, 4.69) is 5.32 Å². The maximum Gasteiger partial charge on any atom is 0.118 e. The molecule has 0 atom stereocenters.